The summed E-state index contributed by atoms with van der Waals surface area (Å²) in [5, 5.41) is 8.59. The van der Waals surface area contributed by atoms with Crippen LogP contribution in [0.4, 0.5) is 0 Å². The number of imidazole rings is 1. The Morgan fingerprint density at radius 3 is 2.92 bits per heavy atom. The molecule has 1 aromatic rings. The Kier molecular flexibility index (Phi) is 1.43. The molecule has 0 radical (unpaired) electrons. The van der Waals surface area contributed by atoms with Crippen molar-refractivity contribution in [2.75, 3.05) is 0 Å². The molecule has 0 aromatic carbocycles. The van der Waals surface area contributed by atoms with E-state index < -0.39 is 5.97 Å². The highest BCUT2D eigenvalue weighted by molar-refractivity contribution is 5.85. The zero-order valence-electron chi connectivity index (χ0n) is 6.74. The van der Waals surface area contributed by atoms with E-state index in [0.717, 1.165) is 12.2 Å². The van der Waals surface area contributed by atoms with Gasteiger partial charge in [0, 0.05) is 5.92 Å². The Morgan fingerprint density at radius 2 is 2.50 bits per heavy atom. The van der Waals surface area contributed by atoms with Gasteiger partial charge in [-0.25, -0.2) is 9.78 Å². The molecule has 0 saturated heterocycles. The van der Waals surface area contributed by atoms with Gasteiger partial charge < -0.3 is 10.1 Å². The van der Waals surface area contributed by atoms with Crippen molar-refractivity contribution in [2.24, 2.45) is 5.92 Å². The van der Waals surface area contributed by atoms with Gasteiger partial charge in [-0.15, -0.1) is 0 Å². The third-order valence-corrected chi connectivity index (χ3v) is 2.29. The van der Waals surface area contributed by atoms with Crippen LogP contribution in [-0.2, 0) is 0 Å². The van der Waals surface area contributed by atoms with Gasteiger partial charge >= 0.3 is 5.97 Å². The molecule has 12 heavy (non-hydrogen) atoms. The summed E-state index contributed by atoms with van der Waals surface area (Å²) in [6, 6.07) is 0. The molecule has 2 atom stereocenters. The molecule has 64 valence electrons. The molecule has 1 heterocycles. The molecule has 1 aliphatic carbocycles. The van der Waals surface area contributed by atoms with Crippen LogP contribution in [0.2, 0.25) is 0 Å². The lowest BCUT2D eigenvalue weighted by Crippen LogP contribution is -1.96. The maximum absolute atomic E-state index is 10.5. The van der Waals surface area contributed by atoms with Crippen LogP contribution in [0.5, 0.6) is 0 Å². The first-order valence-corrected chi connectivity index (χ1v) is 3.96. The number of carboxylic acid groups (broad SMARTS) is 1. The summed E-state index contributed by atoms with van der Waals surface area (Å²) in [5.41, 5.74) is 0.184. The number of carbonyl (C=O) groups is 1. The number of H-pyrrole nitrogens is 1. The summed E-state index contributed by atoms with van der Waals surface area (Å²) in [5.74, 6) is 0.984. The van der Waals surface area contributed by atoms with Crippen LogP contribution in [0.25, 0.3) is 0 Å². The number of nitrogens with one attached hydrogen (secondary N) is 1. The van der Waals surface area contributed by atoms with Crippen molar-refractivity contribution in [1.29, 1.82) is 0 Å². The van der Waals surface area contributed by atoms with E-state index in [1.807, 2.05) is 0 Å². The van der Waals surface area contributed by atoms with Gasteiger partial charge in [-0.2, -0.15) is 0 Å². The molecule has 0 aliphatic heterocycles. The van der Waals surface area contributed by atoms with Crippen molar-refractivity contribution in [3.05, 3.63) is 17.7 Å². The maximum atomic E-state index is 10.5. The standard InChI is InChI=1S/C8H10N2O2/c1-4-2-5(4)7-9-3-6(10-7)8(11)12/h3-5H,2H2,1H3,(H,9,10)(H,11,12). The minimum atomic E-state index is -0.943. The second-order valence-electron chi connectivity index (χ2n) is 3.31. The van der Waals surface area contributed by atoms with Gasteiger partial charge in [0.05, 0.1) is 6.20 Å². The lowest BCUT2D eigenvalue weighted by atomic mass is 10.3. The Hall–Kier alpha value is -1.32. The summed E-state index contributed by atoms with van der Waals surface area (Å²) < 4.78 is 0. The summed E-state index contributed by atoms with van der Waals surface area (Å²) in [7, 11) is 0. The van der Waals surface area contributed by atoms with Gasteiger partial charge in [0.25, 0.3) is 0 Å². The molecule has 1 fully saturated rings. The van der Waals surface area contributed by atoms with Crippen LogP contribution < -0.4 is 0 Å². The van der Waals surface area contributed by atoms with Crippen molar-refractivity contribution in [3.63, 3.8) is 0 Å². The normalized spacial score (nSPS) is 27.1. The molecule has 0 spiro atoms. The molecular weight excluding hydrogens is 156 g/mol. The van der Waals surface area contributed by atoms with Crippen molar-refractivity contribution < 1.29 is 9.90 Å². The summed E-state index contributed by atoms with van der Waals surface area (Å²) in [6.45, 7) is 2.13. The molecule has 0 amide bonds. The second kappa shape index (κ2) is 2.33. The van der Waals surface area contributed by atoms with E-state index in [1.165, 1.54) is 6.20 Å². The van der Waals surface area contributed by atoms with Gasteiger partial charge in [0.15, 0.2) is 0 Å². The Balaban J connectivity index is 2.19. The van der Waals surface area contributed by atoms with E-state index >= 15 is 0 Å². The summed E-state index contributed by atoms with van der Waals surface area (Å²) >= 11 is 0. The van der Waals surface area contributed by atoms with E-state index in [0.29, 0.717) is 11.8 Å². The van der Waals surface area contributed by atoms with E-state index in [4.69, 9.17) is 5.11 Å². The zero-order valence-corrected chi connectivity index (χ0v) is 6.74. The van der Waals surface area contributed by atoms with E-state index in [2.05, 4.69) is 16.9 Å². The first kappa shape index (κ1) is 7.34. The number of aromatic carboxylic acids is 1. The average Bonchev–Trinajstić information content (AvgIpc) is 2.59. The van der Waals surface area contributed by atoms with Gasteiger partial charge in [-0.05, 0) is 12.3 Å². The Bertz CT molecular complexity index is 319. The maximum Gasteiger partial charge on any atom is 0.353 e. The molecule has 1 aromatic heterocycles. The van der Waals surface area contributed by atoms with Gasteiger partial charge in [-0.3, -0.25) is 0 Å². The largest absolute Gasteiger partial charge is 0.477 e. The van der Waals surface area contributed by atoms with Gasteiger partial charge in [0.2, 0.25) is 0 Å². The van der Waals surface area contributed by atoms with Crippen LogP contribution in [0, 0.1) is 5.92 Å². The first-order chi connectivity index (χ1) is 5.68. The van der Waals surface area contributed by atoms with Gasteiger partial charge in [-0.1, -0.05) is 6.92 Å². The highest BCUT2D eigenvalue weighted by Gasteiger charge is 2.36. The number of hydrogen-bond donors (Lipinski definition) is 2. The number of aromatic nitrogens is 2. The van der Waals surface area contributed by atoms with E-state index in [-0.39, 0.29) is 5.69 Å². The molecule has 2 N–H and O–H groups in total. The average molecular weight is 166 g/mol. The quantitative estimate of drug-likeness (QED) is 0.694. The zero-order chi connectivity index (χ0) is 8.72. The smallest absolute Gasteiger partial charge is 0.353 e. The topological polar surface area (TPSA) is 66.0 Å². The highest BCUT2D eigenvalue weighted by Crippen LogP contribution is 2.45. The fourth-order valence-corrected chi connectivity index (χ4v) is 1.34. The first-order valence-electron chi connectivity index (χ1n) is 3.96. The molecular formula is C8H10N2O2. The predicted octanol–water partition coefficient (Wildman–Crippen LogP) is 1.23. The Morgan fingerprint density at radius 1 is 1.83 bits per heavy atom. The minimum absolute atomic E-state index is 0.184. The van der Waals surface area contributed by atoms with Crippen LogP contribution in [-0.4, -0.2) is 21.0 Å². The monoisotopic (exact) mass is 166 g/mol. The SMILES string of the molecule is CC1CC1c1ncc(C(=O)O)[nH]1. The van der Waals surface area contributed by atoms with Gasteiger partial charge in [0.1, 0.15) is 11.5 Å². The molecule has 1 aliphatic rings. The molecule has 2 rings (SSSR count). The lowest BCUT2D eigenvalue weighted by molar-refractivity contribution is 0.0691. The van der Waals surface area contributed by atoms with Crippen LogP contribution >= 0.6 is 0 Å². The van der Waals surface area contributed by atoms with Crippen LogP contribution in [0.1, 0.15) is 35.6 Å². The number of carboxylic acids is 1. The van der Waals surface area contributed by atoms with Crippen LogP contribution in [0.15, 0.2) is 6.20 Å². The van der Waals surface area contributed by atoms with E-state index in [9.17, 15) is 4.79 Å². The highest BCUT2D eigenvalue weighted by atomic mass is 16.4. The molecule has 4 nitrogen and oxygen atoms in total. The number of nitrogens with zero attached hydrogens (tertiary/aromatic N) is 1. The van der Waals surface area contributed by atoms with Crippen molar-refractivity contribution in [1.82, 2.24) is 9.97 Å². The molecule has 1 saturated carbocycles. The summed E-state index contributed by atoms with van der Waals surface area (Å²) in [4.78, 5) is 17.3. The summed E-state index contributed by atoms with van der Waals surface area (Å²) in [6.07, 6.45) is 2.50. The fraction of sp³-hybridized carbons (Fsp3) is 0.500. The van der Waals surface area contributed by atoms with Crippen molar-refractivity contribution in [3.8, 4) is 0 Å². The number of rotatable bonds is 2. The van der Waals surface area contributed by atoms with Crippen molar-refractivity contribution >= 4 is 5.97 Å². The predicted molar refractivity (Wildman–Crippen MR) is 42.1 cm³/mol. The Labute approximate surface area is 69.6 Å². The number of hydrogen-bond acceptors (Lipinski definition) is 2. The van der Waals surface area contributed by atoms with Crippen LogP contribution in [0.3, 0.4) is 0 Å². The fourth-order valence-electron chi connectivity index (χ4n) is 1.34. The van der Waals surface area contributed by atoms with Crippen molar-refractivity contribution in [2.45, 2.75) is 19.3 Å². The molecule has 4 heteroatoms. The number of aromatic amines is 1. The second-order valence-corrected chi connectivity index (χ2v) is 3.31. The molecule has 0 bridgehead atoms. The third-order valence-electron chi connectivity index (χ3n) is 2.29. The van der Waals surface area contributed by atoms with E-state index in [1.54, 1.807) is 0 Å². The minimum Gasteiger partial charge on any atom is -0.477 e. The third kappa shape index (κ3) is 1.09. The molecule has 2 unspecified atom stereocenters. The lowest BCUT2D eigenvalue weighted by Gasteiger charge is -1.88.